The van der Waals surface area contributed by atoms with Gasteiger partial charge in [-0.1, -0.05) is 45.0 Å². The molecule has 1 aliphatic heterocycles. The van der Waals surface area contributed by atoms with Crippen LogP contribution in [0.3, 0.4) is 0 Å². The molecule has 0 aliphatic carbocycles. The second-order valence-corrected chi connectivity index (χ2v) is 5.54. The SMILES string of the molecule is CC(C)(C)C(=N)N1CCc2ccccc2C1. The van der Waals surface area contributed by atoms with E-state index in [-0.39, 0.29) is 5.41 Å². The molecule has 0 saturated heterocycles. The third-order valence-corrected chi connectivity index (χ3v) is 3.16. The molecule has 2 heteroatoms. The van der Waals surface area contributed by atoms with Crippen LogP contribution in [0.25, 0.3) is 0 Å². The number of nitrogens with one attached hydrogen (secondary N) is 1. The third kappa shape index (κ3) is 2.11. The molecule has 2 rings (SSSR count). The highest BCUT2D eigenvalue weighted by molar-refractivity contribution is 5.84. The molecule has 0 spiro atoms. The predicted octanol–water partition coefficient (Wildman–Crippen LogP) is 3.07. The van der Waals surface area contributed by atoms with Gasteiger partial charge < -0.3 is 4.90 Å². The summed E-state index contributed by atoms with van der Waals surface area (Å²) in [4.78, 5) is 2.20. The van der Waals surface area contributed by atoms with Crippen molar-refractivity contribution < 1.29 is 0 Å². The van der Waals surface area contributed by atoms with E-state index in [0.717, 1.165) is 25.3 Å². The lowest BCUT2D eigenvalue weighted by Gasteiger charge is -2.36. The summed E-state index contributed by atoms with van der Waals surface area (Å²) in [6, 6.07) is 8.57. The molecule has 86 valence electrons. The summed E-state index contributed by atoms with van der Waals surface area (Å²) in [5.41, 5.74) is 2.77. The Bertz CT molecular complexity index is 401. The molecule has 0 fully saturated rings. The number of benzene rings is 1. The first-order chi connectivity index (χ1) is 7.48. The van der Waals surface area contributed by atoms with Crippen LogP contribution in [-0.2, 0) is 13.0 Å². The summed E-state index contributed by atoms with van der Waals surface area (Å²) in [5.74, 6) is 0.752. The third-order valence-electron chi connectivity index (χ3n) is 3.16. The summed E-state index contributed by atoms with van der Waals surface area (Å²) in [6.07, 6.45) is 1.06. The molecular formula is C14H20N2. The van der Waals surface area contributed by atoms with Crippen molar-refractivity contribution in [2.24, 2.45) is 5.41 Å². The van der Waals surface area contributed by atoms with Gasteiger partial charge in [-0.15, -0.1) is 0 Å². The van der Waals surface area contributed by atoms with Gasteiger partial charge in [-0.2, -0.15) is 0 Å². The maximum absolute atomic E-state index is 8.20. The molecule has 0 unspecified atom stereocenters. The monoisotopic (exact) mass is 216 g/mol. The van der Waals surface area contributed by atoms with E-state index in [1.165, 1.54) is 11.1 Å². The van der Waals surface area contributed by atoms with Gasteiger partial charge in [-0.3, -0.25) is 5.41 Å². The minimum Gasteiger partial charge on any atom is -0.355 e. The first kappa shape index (κ1) is 11.2. The summed E-state index contributed by atoms with van der Waals surface area (Å²) in [5, 5.41) is 8.20. The highest BCUT2D eigenvalue weighted by Gasteiger charge is 2.25. The minimum atomic E-state index is -0.0493. The lowest BCUT2D eigenvalue weighted by Crippen LogP contribution is -2.41. The summed E-state index contributed by atoms with van der Waals surface area (Å²) >= 11 is 0. The zero-order valence-corrected chi connectivity index (χ0v) is 10.4. The number of fused-ring (bicyclic) bond motifs is 1. The molecule has 1 heterocycles. The molecule has 2 nitrogen and oxygen atoms in total. The number of nitrogens with zero attached hydrogens (tertiary/aromatic N) is 1. The molecule has 0 aromatic heterocycles. The average molecular weight is 216 g/mol. The molecule has 1 aliphatic rings. The van der Waals surface area contributed by atoms with Crippen LogP contribution in [-0.4, -0.2) is 17.3 Å². The van der Waals surface area contributed by atoms with E-state index in [4.69, 9.17) is 5.41 Å². The van der Waals surface area contributed by atoms with Gasteiger partial charge in [0.25, 0.3) is 0 Å². The van der Waals surface area contributed by atoms with E-state index < -0.39 is 0 Å². The van der Waals surface area contributed by atoms with Gasteiger partial charge >= 0.3 is 0 Å². The quantitative estimate of drug-likeness (QED) is 0.523. The lowest BCUT2D eigenvalue weighted by molar-refractivity contribution is 0.346. The zero-order chi connectivity index (χ0) is 11.8. The van der Waals surface area contributed by atoms with Crippen molar-refractivity contribution in [2.45, 2.75) is 33.7 Å². The van der Waals surface area contributed by atoms with Crippen molar-refractivity contribution in [3.63, 3.8) is 0 Å². The number of amidine groups is 1. The molecule has 0 amide bonds. The topological polar surface area (TPSA) is 27.1 Å². The fourth-order valence-electron chi connectivity index (χ4n) is 2.16. The van der Waals surface area contributed by atoms with Gasteiger partial charge in [0.15, 0.2) is 0 Å². The van der Waals surface area contributed by atoms with Gasteiger partial charge in [0.1, 0.15) is 5.84 Å². The van der Waals surface area contributed by atoms with Crippen LogP contribution in [0.5, 0.6) is 0 Å². The Balaban J connectivity index is 2.17. The highest BCUT2D eigenvalue weighted by Crippen LogP contribution is 2.24. The molecule has 1 N–H and O–H groups in total. The predicted molar refractivity (Wildman–Crippen MR) is 67.7 cm³/mol. The lowest BCUT2D eigenvalue weighted by atomic mass is 9.91. The Hall–Kier alpha value is -1.31. The van der Waals surface area contributed by atoms with Crippen molar-refractivity contribution in [1.29, 1.82) is 5.41 Å². The van der Waals surface area contributed by atoms with Crippen molar-refractivity contribution >= 4 is 5.84 Å². The normalized spacial score (nSPS) is 15.8. The molecule has 1 aromatic carbocycles. The zero-order valence-electron chi connectivity index (χ0n) is 10.4. The van der Waals surface area contributed by atoms with Crippen LogP contribution < -0.4 is 0 Å². The molecule has 0 bridgehead atoms. The van der Waals surface area contributed by atoms with E-state index in [1.807, 2.05) is 0 Å². The summed E-state index contributed by atoms with van der Waals surface area (Å²) in [6.45, 7) is 8.20. The second kappa shape index (κ2) is 3.93. The van der Waals surface area contributed by atoms with Crippen LogP contribution in [0, 0.1) is 10.8 Å². The van der Waals surface area contributed by atoms with Gasteiger partial charge in [0, 0.05) is 18.5 Å². The first-order valence-electron chi connectivity index (χ1n) is 5.89. The minimum absolute atomic E-state index is 0.0493. The second-order valence-electron chi connectivity index (χ2n) is 5.54. The maximum atomic E-state index is 8.20. The Labute approximate surface area is 97.8 Å². The molecule has 0 atom stereocenters. The van der Waals surface area contributed by atoms with Crippen LogP contribution in [0.1, 0.15) is 31.9 Å². The Kier molecular flexibility index (Phi) is 2.75. The average Bonchev–Trinajstić information content (AvgIpc) is 2.26. The fraction of sp³-hybridized carbons (Fsp3) is 0.500. The smallest absolute Gasteiger partial charge is 0.102 e. The van der Waals surface area contributed by atoms with E-state index in [1.54, 1.807) is 0 Å². The summed E-state index contributed by atoms with van der Waals surface area (Å²) < 4.78 is 0. The number of rotatable bonds is 0. The van der Waals surface area contributed by atoms with Crippen LogP contribution in [0.15, 0.2) is 24.3 Å². The standard InChI is InChI=1S/C14H20N2/c1-14(2,3)13(15)16-9-8-11-6-4-5-7-12(11)10-16/h4-7,15H,8-10H2,1-3H3. The number of hydrogen-bond acceptors (Lipinski definition) is 1. The van der Waals surface area contributed by atoms with Gasteiger partial charge in [-0.25, -0.2) is 0 Å². The van der Waals surface area contributed by atoms with Crippen molar-refractivity contribution in [2.75, 3.05) is 6.54 Å². The number of hydrogen-bond donors (Lipinski definition) is 1. The van der Waals surface area contributed by atoms with E-state index in [2.05, 4.69) is 49.9 Å². The molecular weight excluding hydrogens is 196 g/mol. The molecule has 1 aromatic rings. The van der Waals surface area contributed by atoms with E-state index in [9.17, 15) is 0 Å². The maximum Gasteiger partial charge on any atom is 0.102 e. The Morgan fingerprint density at radius 3 is 2.44 bits per heavy atom. The van der Waals surface area contributed by atoms with Gasteiger partial charge in [0.2, 0.25) is 0 Å². The Morgan fingerprint density at radius 1 is 1.19 bits per heavy atom. The van der Waals surface area contributed by atoms with Gasteiger partial charge in [-0.05, 0) is 17.5 Å². The molecule has 16 heavy (non-hydrogen) atoms. The van der Waals surface area contributed by atoms with Crippen LogP contribution in [0.2, 0.25) is 0 Å². The van der Waals surface area contributed by atoms with E-state index >= 15 is 0 Å². The van der Waals surface area contributed by atoms with Gasteiger partial charge in [0.05, 0.1) is 0 Å². The molecule has 0 radical (unpaired) electrons. The van der Waals surface area contributed by atoms with Crippen molar-refractivity contribution in [3.8, 4) is 0 Å². The van der Waals surface area contributed by atoms with Crippen LogP contribution in [0.4, 0.5) is 0 Å². The molecule has 0 saturated carbocycles. The summed E-state index contributed by atoms with van der Waals surface area (Å²) in [7, 11) is 0. The highest BCUT2D eigenvalue weighted by atomic mass is 15.2. The van der Waals surface area contributed by atoms with Crippen LogP contribution >= 0.6 is 0 Å². The van der Waals surface area contributed by atoms with E-state index in [0.29, 0.717) is 0 Å². The largest absolute Gasteiger partial charge is 0.355 e. The fourth-order valence-corrected chi connectivity index (χ4v) is 2.16. The first-order valence-corrected chi connectivity index (χ1v) is 5.89. The Morgan fingerprint density at radius 2 is 1.81 bits per heavy atom. The van der Waals surface area contributed by atoms with Crippen molar-refractivity contribution in [1.82, 2.24) is 4.90 Å². The van der Waals surface area contributed by atoms with Crippen molar-refractivity contribution in [3.05, 3.63) is 35.4 Å².